The summed E-state index contributed by atoms with van der Waals surface area (Å²) in [6, 6.07) is 24.3. The van der Waals surface area contributed by atoms with E-state index in [-0.39, 0.29) is 23.4 Å². The van der Waals surface area contributed by atoms with Crippen molar-refractivity contribution in [2.24, 2.45) is 0 Å². The summed E-state index contributed by atoms with van der Waals surface area (Å²) in [5.74, 6) is -1.37. The maximum absolute atomic E-state index is 14.1. The van der Waals surface area contributed by atoms with Gasteiger partial charge in [-0.3, -0.25) is 14.5 Å². The molecule has 0 aromatic heterocycles. The molecule has 3 aromatic carbocycles. The molecular weight excluding hydrogens is 355 g/mol. The maximum atomic E-state index is 14.1. The van der Waals surface area contributed by atoms with Gasteiger partial charge in [-0.05, 0) is 23.8 Å². The monoisotopic (exact) mass is 372 g/mol. The zero-order valence-corrected chi connectivity index (χ0v) is 14.9. The minimum atomic E-state index is -0.476. The molecule has 138 valence electrons. The van der Waals surface area contributed by atoms with E-state index in [1.54, 1.807) is 42.5 Å². The normalized spacial score (nSPS) is 14.0. The highest BCUT2D eigenvalue weighted by Gasteiger charge is 2.39. The predicted molar refractivity (Wildman–Crippen MR) is 105 cm³/mol. The average Bonchev–Trinajstić information content (AvgIpc) is 2.95. The van der Waals surface area contributed by atoms with E-state index in [4.69, 9.17) is 0 Å². The third-order valence-corrected chi connectivity index (χ3v) is 4.56. The molecule has 0 atom stereocenters. The Morgan fingerprint density at radius 3 is 2.04 bits per heavy atom. The molecule has 4 nitrogen and oxygen atoms in total. The Labute approximate surface area is 161 Å². The molecule has 0 aliphatic carbocycles. The van der Waals surface area contributed by atoms with Gasteiger partial charge < -0.3 is 5.32 Å². The van der Waals surface area contributed by atoms with Gasteiger partial charge in [-0.25, -0.2) is 4.39 Å². The van der Waals surface area contributed by atoms with Crippen LogP contribution in [0.2, 0.25) is 0 Å². The number of para-hydroxylation sites is 1. The zero-order chi connectivity index (χ0) is 19.5. The van der Waals surface area contributed by atoms with Crippen LogP contribution in [0, 0.1) is 5.82 Å². The number of nitrogens with one attached hydrogen (secondary N) is 1. The van der Waals surface area contributed by atoms with Crippen LogP contribution < -0.4 is 5.32 Å². The molecule has 0 saturated heterocycles. The number of hydrogen-bond donors (Lipinski definition) is 1. The lowest BCUT2D eigenvalue weighted by Crippen LogP contribution is -2.32. The lowest BCUT2D eigenvalue weighted by atomic mass is 10.0. The first kappa shape index (κ1) is 17.7. The first-order valence-electron chi connectivity index (χ1n) is 8.86. The fourth-order valence-corrected chi connectivity index (χ4v) is 3.17. The van der Waals surface area contributed by atoms with Crippen LogP contribution in [0.5, 0.6) is 0 Å². The van der Waals surface area contributed by atoms with Crippen molar-refractivity contribution in [2.45, 2.75) is 6.54 Å². The summed E-state index contributed by atoms with van der Waals surface area (Å²) >= 11 is 0. The highest BCUT2D eigenvalue weighted by Crippen LogP contribution is 2.31. The summed E-state index contributed by atoms with van der Waals surface area (Å²) in [7, 11) is 0. The summed E-state index contributed by atoms with van der Waals surface area (Å²) in [5, 5.41) is 3.07. The van der Waals surface area contributed by atoms with Crippen molar-refractivity contribution < 1.29 is 14.0 Å². The van der Waals surface area contributed by atoms with Crippen molar-refractivity contribution in [2.75, 3.05) is 5.32 Å². The lowest BCUT2D eigenvalue weighted by molar-refractivity contribution is -0.137. The lowest BCUT2D eigenvalue weighted by Gasteiger charge is -2.16. The number of imide groups is 1. The Kier molecular flexibility index (Phi) is 4.72. The molecule has 2 amide bonds. The fourth-order valence-electron chi connectivity index (χ4n) is 3.17. The van der Waals surface area contributed by atoms with Gasteiger partial charge in [-0.15, -0.1) is 0 Å². The van der Waals surface area contributed by atoms with Gasteiger partial charge in [0, 0.05) is 11.3 Å². The molecule has 0 radical (unpaired) electrons. The van der Waals surface area contributed by atoms with Gasteiger partial charge in [0.2, 0.25) is 0 Å². The molecule has 0 saturated carbocycles. The van der Waals surface area contributed by atoms with Gasteiger partial charge in [0.1, 0.15) is 11.5 Å². The molecule has 4 rings (SSSR count). The number of nitrogens with zero attached hydrogens (tertiary/aromatic N) is 1. The molecule has 5 heteroatoms. The topological polar surface area (TPSA) is 49.4 Å². The highest BCUT2D eigenvalue weighted by atomic mass is 19.1. The van der Waals surface area contributed by atoms with Crippen molar-refractivity contribution in [3.8, 4) is 0 Å². The van der Waals surface area contributed by atoms with Crippen LogP contribution in [0.1, 0.15) is 11.1 Å². The summed E-state index contributed by atoms with van der Waals surface area (Å²) < 4.78 is 14.1. The average molecular weight is 372 g/mol. The highest BCUT2D eigenvalue weighted by molar-refractivity contribution is 6.36. The molecule has 0 bridgehead atoms. The summed E-state index contributed by atoms with van der Waals surface area (Å²) in [6.45, 7) is -0.124. The zero-order valence-electron chi connectivity index (χ0n) is 14.9. The van der Waals surface area contributed by atoms with Gasteiger partial charge in [-0.1, -0.05) is 66.7 Å². The van der Waals surface area contributed by atoms with Crippen LogP contribution in [-0.2, 0) is 16.1 Å². The maximum Gasteiger partial charge on any atom is 0.278 e. The van der Waals surface area contributed by atoms with Crippen molar-refractivity contribution in [3.05, 3.63) is 108 Å². The Balaban J connectivity index is 1.74. The molecule has 1 aliphatic heterocycles. The van der Waals surface area contributed by atoms with E-state index < -0.39 is 17.6 Å². The molecule has 1 N–H and O–H groups in total. The quantitative estimate of drug-likeness (QED) is 0.683. The fraction of sp³-hybridized carbons (Fsp3) is 0.0435. The van der Waals surface area contributed by atoms with Crippen molar-refractivity contribution >= 4 is 23.1 Å². The second-order valence-electron chi connectivity index (χ2n) is 6.39. The largest absolute Gasteiger partial charge is 0.350 e. The predicted octanol–water partition coefficient (Wildman–Crippen LogP) is 4.22. The smallest absolute Gasteiger partial charge is 0.278 e. The van der Waals surface area contributed by atoms with E-state index in [9.17, 15) is 14.0 Å². The minimum absolute atomic E-state index is 0.124. The second kappa shape index (κ2) is 7.48. The van der Waals surface area contributed by atoms with Crippen LogP contribution in [-0.4, -0.2) is 16.7 Å². The number of hydrogen-bond acceptors (Lipinski definition) is 3. The number of benzene rings is 3. The molecule has 1 heterocycles. The Bertz CT molecular complexity index is 1060. The Morgan fingerprint density at radius 2 is 1.36 bits per heavy atom. The summed E-state index contributed by atoms with van der Waals surface area (Å²) in [4.78, 5) is 27.3. The van der Waals surface area contributed by atoms with E-state index >= 15 is 0 Å². The first-order valence-corrected chi connectivity index (χ1v) is 8.86. The summed E-state index contributed by atoms with van der Waals surface area (Å²) in [5.41, 5.74) is 2.09. The number of carbonyl (C=O) groups excluding carboxylic acids is 2. The SMILES string of the molecule is O=C1C(Nc2ccccc2)=C(c2ccccc2)C(=O)N1Cc1ccccc1F. The molecule has 1 aliphatic rings. The van der Waals surface area contributed by atoms with Gasteiger partial charge in [0.25, 0.3) is 11.8 Å². The van der Waals surface area contributed by atoms with E-state index in [2.05, 4.69) is 5.32 Å². The molecule has 3 aromatic rings. The van der Waals surface area contributed by atoms with Gasteiger partial charge >= 0.3 is 0 Å². The van der Waals surface area contributed by atoms with Gasteiger partial charge in [0.05, 0.1) is 12.1 Å². The summed E-state index contributed by atoms with van der Waals surface area (Å²) in [6.07, 6.45) is 0. The third kappa shape index (κ3) is 3.30. The van der Waals surface area contributed by atoms with E-state index in [1.165, 1.54) is 6.07 Å². The molecule has 0 spiro atoms. The van der Waals surface area contributed by atoms with Crippen LogP contribution in [0.25, 0.3) is 5.57 Å². The number of amides is 2. The number of anilines is 1. The molecule has 28 heavy (non-hydrogen) atoms. The van der Waals surface area contributed by atoms with Gasteiger partial charge in [-0.2, -0.15) is 0 Å². The van der Waals surface area contributed by atoms with Crippen LogP contribution in [0.3, 0.4) is 0 Å². The van der Waals surface area contributed by atoms with Crippen molar-refractivity contribution in [1.29, 1.82) is 0 Å². The Morgan fingerprint density at radius 1 is 0.750 bits per heavy atom. The van der Waals surface area contributed by atoms with Crippen LogP contribution in [0.4, 0.5) is 10.1 Å². The Hall–Kier alpha value is -3.73. The first-order chi connectivity index (χ1) is 13.6. The van der Waals surface area contributed by atoms with Gasteiger partial charge in [0.15, 0.2) is 0 Å². The molecule has 0 fully saturated rings. The molecular formula is C23H17FN2O2. The molecule has 0 unspecified atom stereocenters. The standard InChI is InChI=1S/C23H17FN2O2/c24-19-14-8-7-11-17(19)15-26-22(27)20(16-9-3-1-4-10-16)21(23(26)28)25-18-12-5-2-6-13-18/h1-14,25H,15H2. The minimum Gasteiger partial charge on any atom is -0.350 e. The van der Waals surface area contributed by atoms with Crippen LogP contribution >= 0.6 is 0 Å². The van der Waals surface area contributed by atoms with Crippen LogP contribution in [0.15, 0.2) is 90.6 Å². The number of rotatable bonds is 5. The van der Waals surface area contributed by atoms with E-state index in [1.807, 2.05) is 36.4 Å². The van der Waals surface area contributed by atoms with E-state index in [0.717, 1.165) is 4.90 Å². The number of halogens is 1. The van der Waals surface area contributed by atoms with Crippen molar-refractivity contribution in [3.63, 3.8) is 0 Å². The van der Waals surface area contributed by atoms with E-state index in [0.29, 0.717) is 11.3 Å². The number of carbonyl (C=O) groups is 2. The van der Waals surface area contributed by atoms with Crippen molar-refractivity contribution in [1.82, 2.24) is 4.90 Å². The second-order valence-corrected chi connectivity index (χ2v) is 6.39. The third-order valence-electron chi connectivity index (χ3n) is 4.56.